The first kappa shape index (κ1) is 19.0. The van der Waals surface area contributed by atoms with Crippen LogP contribution in [0.5, 0.6) is 0 Å². The number of benzene rings is 2. The van der Waals surface area contributed by atoms with E-state index in [0.29, 0.717) is 12.0 Å². The molecule has 0 spiro atoms. The molecular weight excluding hydrogens is 366 g/mol. The fraction of sp³-hybridized carbons (Fsp3) is 0.259. The normalized spacial score (nSPS) is 14.9. The van der Waals surface area contributed by atoms with Crippen LogP contribution in [-0.2, 0) is 13.1 Å². The van der Waals surface area contributed by atoms with Crippen molar-refractivity contribution in [1.82, 2.24) is 14.9 Å². The number of aromatic nitrogens is 2. The maximum Gasteiger partial charge on any atom is 0.0706 e. The van der Waals surface area contributed by atoms with Crippen LogP contribution in [0.4, 0.5) is 0 Å². The van der Waals surface area contributed by atoms with E-state index in [4.69, 9.17) is 4.98 Å². The van der Waals surface area contributed by atoms with Gasteiger partial charge in [-0.05, 0) is 64.9 Å². The highest BCUT2D eigenvalue weighted by molar-refractivity contribution is 5.84. The van der Waals surface area contributed by atoms with Crippen molar-refractivity contribution in [1.29, 1.82) is 0 Å². The first-order valence-electron chi connectivity index (χ1n) is 10.8. The van der Waals surface area contributed by atoms with Gasteiger partial charge in [-0.3, -0.25) is 14.9 Å². The lowest BCUT2D eigenvalue weighted by Gasteiger charge is -2.29. The Bertz CT molecular complexity index is 1140. The van der Waals surface area contributed by atoms with E-state index in [1.54, 1.807) is 0 Å². The van der Waals surface area contributed by atoms with Crippen LogP contribution in [0.15, 0.2) is 79.1 Å². The Morgan fingerprint density at radius 2 is 1.57 bits per heavy atom. The lowest BCUT2D eigenvalue weighted by Crippen LogP contribution is -2.25. The van der Waals surface area contributed by atoms with E-state index >= 15 is 0 Å². The SMILES string of the molecule is CC(C)CC(c1ccc2cc(-c3ccncc3)ccc2n1)N1Cc2ccccc2C1. The van der Waals surface area contributed by atoms with Crippen LogP contribution < -0.4 is 0 Å². The largest absolute Gasteiger partial charge is 0.286 e. The second-order valence-corrected chi connectivity index (χ2v) is 8.70. The van der Waals surface area contributed by atoms with Gasteiger partial charge in [0.15, 0.2) is 0 Å². The summed E-state index contributed by atoms with van der Waals surface area (Å²) in [7, 11) is 0. The van der Waals surface area contributed by atoms with Crippen molar-refractivity contribution in [2.45, 2.75) is 39.4 Å². The summed E-state index contributed by atoms with van der Waals surface area (Å²) in [5.41, 5.74) is 7.54. The molecule has 1 unspecified atom stereocenters. The van der Waals surface area contributed by atoms with Gasteiger partial charge in [-0.15, -0.1) is 0 Å². The van der Waals surface area contributed by atoms with E-state index in [9.17, 15) is 0 Å². The molecule has 3 heterocycles. The van der Waals surface area contributed by atoms with E-state index in [1.165, 1.54) is 33.3 Å². The molecule has 0 saturated heterocycles. The Labute approximate surface area is 178 Å². The van der Waals surface area contributed by atoms with Crippen LogP contribution in [0.3, 0.4) is 0 Å². The van der Waals surface area contributed by atoms with Crippen molar-refractivity contribution in [3.63, 3.8) is 0 Å². The van der Waals surface area contributed by atoms with Gasteiger partial charge < -0.3 is 0 Å². The number of fused-ring (bicyclic) bond motifs is 2. The summed E-state index contributed by atoms with van der Waals surface area (Å²) in [6.45, 7) is 6.62. The van der Waals surface area contributed by atoms with E-state index in [0.717, 1.165) is 25.0 Å². The molecule has 0 radical (unpaired) electrons. The molecule has 4 aromatic rings. The van der Waals surface area contributed by atoms with Crippen LogP contribution in [0.25, 0.3) is 22.0 Å². The number of hydrogen-bond acceptors (Lipinski definition) is 3. The fourth-order valence-corrected chi connectivity index (χ4v) is 4.53. The van der Waals surface area contributed by atoms with Gasteiger partial charge in [-0.25, -0.2) is 0 Å². The van der Waals surface area contributed by atoms with Crippen molar-refractivity contribution >= 4 is 10.9 Å². The summed E-state index contributed by atoms with van der Waals surface area (Å²) in [5.74, 6) is 0.616. The molecular formula is C27H27N3. The zero-order valence-corrected chi connectivity index (χ0v) is 17.6. The van der Waals surface area contributed by atoms with Gasteiger partial charge in [0.25, 0.3) is 0 Å². The van der Waals surface area contributed by atoms with Crippen molar-refractivity contribution in [2.24, 2.45) is 5.92 Å². The molecule has 1 aliphatic rings. The molecule has 5 rings (SSSR count). The lowest BCUT2D eigenvalue weighted by molar-refractivity contribution is 0.172. The number of hydrogen-bond donors (Lipinski definition) is 0. The molecule has 150 valence electrons. The highest BCUT2D eigenvalue weighted by Gasteiger charge is 2.28. The van der Waals surface area contributed by atoms with Gasteiger partial charge >= 0.3 is 0 Å². The molecule has 2 aromatic heterocycles. The van der Waals surface area contributed by atoms with Gasteiger partial charge in [0, 0.05) is 30.9 Å². The second kappa shape index (κ2) is 8.00. The average molecular weight is 394 g/mol. The highest BCUT2D eigenvalue weighted by Crippen LogP contribution is 2.35. The van der Waals surface area contributed by atoms with Gasteiger partial charge in [0.1, 0.15) is 0 Å². The van der Waals surface area contributed by atoms with Crippen molar-refractivity contribution in [3.05, 3.63) is 95.9 Å². The minimum absolute atomic E-state index is 0.335. The Morgan fingerprint density at radius 1 is 0.833 bits per heavy atom. The molecule has 0 bridgehead atoms. The van der Waals surface area contributed by atoms with Gasteiger partial charge in [-0.2, -0.15) is 0 Å². The van der Waals surface area contributed by atoms with Crippen LogP contribution >= 0.6 is 0 Å². The summed E-state index contributed by atoms with van der Waals surface area (Å²) in [5, 5.41) is 1.18. The highest BCUT2D eigenvalue weighted by atomic mass is 15.2. The first-order chi connectivity index (χ1) is 14.7. The lowest BCUT2D eigenvalue weighted by atomic mass is 9.98. The molecule has 1 atom stereocenters. The zero-order chi connectivity index (χ0) is 20.5. The maximum absolute atomic E-state index is 5.12. The molecule has 1 aliphatic heterocycles. The monoisotopic (exact) mass is 393 g/mol. The fourth-order valence-electron chi connectivity index (χ4n) is 4.53. The van der Waals surface area contributed by atoms with Crippen molar-refractivity contribution in [3.8, 4) is 11.1 Å². The Kier molecular flexibility index (Phi) is 5.06. The molecule has 0 saturated carbocycles. The van der Waals surface area contributed by atoms with Gasteiger partial charge in [0.2, 0.25) is 0 Å². The summed E-state index contributed by atoms with van der Waals surface area (Å²) in [6.07, 6.45) is 4.79. The molecule has 3 heteroatoms. The van der Waals surface area contributed by atoms with Crippen LogP contribution in [0.2, 0.25) is 0 Å². The van der Waals surface area contributed by atoms with E-state index in [1.807, 2.05) is 24.5 Å². The Hall–Kier alpha value is -3.04. The Balaban J connectivity index is 1.48. The predicted octanol–water partition coefficient (Wildman–Crippen LogP) is 6.40. The molecule has 30 heavy (non-hydrogen) atoms. The quantitative estimate of drug-likeness (QED) is 0.393. The number of nitrogens with zero attached hydrogens (tertiary/aromatic N) is 3. The molecule has 0 N–H and O–H groups in total. The maximum atomic E-state index is 5.12. The van der Waals surface area contributed by atoms with Crippen LogP contribution in [-0.4, -0.2) is 14.9 Å². The molecule has 0 fully saturated rings. The predicted molar refractivity (Wildman–Crippen MR) is 123 cm³/mol. The van der Waals surface area contributed by atoms with Crippen molar-refractivity contribution < 1.29 is 0 Å². The molecule has 2 aromatic carbocycles. The average Bonchev–Trinajstić information content (AvgIpc) is 3.21. The van der Waals surface area contributed by atoms with Crippen molar-refractivity contribution in [2.75, 3.05) is 0 Å². The molecule has 0 amide bonds. The third-order valence-electron chi connectivity index (χ3n) is 6.07. The first-order valence-corrected chi connectivity index (χ1v) is 10.8. The smallest absolute Gasteiger partial charge is 0.0706 e. The molecule has 3 nitrogen and oxygen atoms in total. The standard InChI is InChI=1S/C27H27N3/c1-19(2)15-27(30-17-23-5-3-4-6-24(23)18-30)26-10-8-22-16-21(7-9-25(22)29-26)20-11-13-28-14-12-20/h3-14,16,19,27H,15,17-18H2,1-2H3. The second-order valence-electron chi connectivity index (χ2n) is 8.70. The summed E-state index contributed by atoms with van der Waals surface area (Å²) < 4.78 is 0. The summed E-state index contributed by atoms with van der Waals surface area (Å²) in [4.78, 5) is 11.8. The summed E-state index contributed by atoms with van der Waals surface area (Å²) in [6, 6.07) is 24.3. The summed E-state index contributed by atoms with van der Waals surface area (Å²) >= 11 is 0. The topological polar surface area (TPSA) is 29.0 Å². The van der Waals surface area contributed by atoms with E-state index in [2.05, 4.69) is 78.3 Å². The number of rotatable bonds is 5. The molecule has 0 aliphatic carbocycles. The van der Waals surface area contributed by atoms with Gasteiger partial charge in [-0.1, -0.05) is 50.2 Å². The third kappa shape index (κ3) is 3.73. The third-order valence-corrected chi connectivity index (χ3v) is 6.07. The zero-order valence-electron chi connectivity index (χ0n) is 17.6. The van der Waals surface area contributed by atoms with Crippen LogP contribution in [0, 0.1) is 5.92 Å². The number of pyridine rings is 2. The minimum atomic E-state index is 0.335. The van der Waals surface area contributed by atoms with E-state index < -0.39 is 0 Å². The van der Waals surface area contributed by atoms with E-state index in [-0.39, 0.29) is 0 Å². The van der Waals surface area contributed by atoms with Gasteiger partial charge in [0.05, 0.1) is 17.3 Å². The minimum Gasteiger partial charge on any atom is -0.286 e. The Morgan fingerprint density at radius 3 is 2.27 bits per heavy atom. The van der Waals surface area contributed by atoms with Crippen LogP contribution in [0.1, 0.15) is 43.1 Å².